The van der Waals surface area contributed by atoms with Gasteiger partial charge in [-0.15, -0.1) is 13.2 Å². The molecule has 212 valence electrons. The summed E-state index contributed by atoms with van der Waals surface area (Å²) in [5, 5.41) is 17.1. The first kappa shape index (κ1) is 28.5. The topological polar surface area (TPSA) is 106 Å². The van der Waals surface area contributed by atoms with Crippen LogP contribution in [0.2, 0.25) is 0 Å². The van der Waals surface area contributed by atoms with Crippen molar-refractivity contribution in [1.29, 1.82) is 0 Å². The van der Waals surface area contributed by atoms with E-state index in [9.17, 15) is 27.9 Å². The highest BCUT2D eigenvalue weighted by atomic mass is 19.4. The number of hydrogen-bond acceptors (Lipinski definition) is 6. The van der Waals surface area contributed by atoms with Crippen LogP contribution in [-0.4, -0.2) is 56.2 Å². The largest absolute Gasteiger partial charge is 0.573 e. The van der Waals surface area contributed by atoms with E-state index in [2.05, 4.69) is 15.2 Å². The molecule has 2 amide bonds. The Labute approximate surface area is 224 Å². The molecule has 1 fully saturated rings. The van der Waals surface area contributed by atoms with Gasteiger partial charge in [0, 0.05) is 24.4 Å². The van der Waals surface area contributed by atoms with E-state index in [4.69, 9.17) is 4.74 Å². The number of carbonyl (C=O) groups excluding carboxylic acids is 2. The summed E-state index contributed by atoms with van der Waals surface area (Å²) < 4.78 is 48.9. The summed E-state index contributed by atoms with van der Waals surface area (Å²) in [4.78, 5) is 27.9. The van der Waals surface area contributed by atoms with Crippen molar-refractivity contribution >= 4 is 17.6 Å². The summed E-state index contributed by atoms with van der Waals surface area (Å²) in [6.07, 6.45) is 3.73. The van der Waals surface area contributed by atoms with Crippen LogP contribution in [-0.2, 0) is 16.1 Å². The predicted molar refractivity (Wildman–Crippen MR) is 136 cm³/mol. The Morgan fingerprint density at radius 2 is 1.90 bits per heavy atom. The van der Waals surface area contributed by atoms with E-state index >= 15 is 0 Å². The van der Waals surface area contributed by atoms with E-state index in [0.717, 1.165) is 44.2 Å². The Morgan fingerprint density at radius 3 is 2.59 bits per heavy atom. The van der Waals surface area contributed by atoms with Crippen molar-refractivity contribution in [2.45, 2.75) is 76.9 Å². The van der Waals surface area contributed by atoms with Crippen molar-refractivity contribution in [3.8, 4) is 11.5 Å². The molecule has 1 aliphatic carbocycles. The molecule has 1 aromatic carbocycles. The number of aromatic nitrogens is 2. The first-order valence-electron chi connectivity index (χ1n) is 13.0. The minimum Gasteiger partial charge on any atom is -0.459 e. The maximum absolute atomic E-state index is 13.5. The van der Waals surface area contributed by atoms with Gasteiger partial charge in [0.2, 0.25) is 5.91 Å². The first-order valence-corrected chi connectivity index (χ1v) is 13.0. The van der Waals surface area contributed by atoms with Gasteiger partial charge in [0.1, 0.15) is 23.3 Å². The van der Waals surface area contributed by atoms with Crippen LogP contribution in [0.5, 0.6) is 11.5 Å². The Hall–Kier alpha value is -3.54. The lowest BCUT2D eigenvalue weighted by molar-refractivity contribution is -0.274. The van der Waals surface area contributed by atoms with Gasteiger partial charge in [-0.05, 0) is 38.3 Å². The summed E-state index contributed by atoms with van der Waals surface area (Å²) >= 11 is 0. The number of alkyl halides is 3. The van der Waals surface area contributed by atoms with Gasteiger partial charge in [0.25, 0.3) is 5.91 Å². The maximum atomic E-state index is 13.5. The van der Waals surface area contributed by atoms with Crippen LogP contribution in [0.25, 0.3) is 0 Å². The zero-order valence-electron chi connectivity index (χ0n) is 21.9. The summed E-state index contributed by atoms with van der Waals surface area (Å²) in [5.41, 5.74) is -0.987. The lowest BCUT2D eigenvalue weighted by Crippen LogP contribution is -2.46. The lowest BCUT2D eigenvalue weighted by Gasteiger charge is -2.31. The number of halogens is 3. The normalized spacial score (nSPS) is 17.6. The molecule has 2 aromatic rings. The fraction of sp³-hybridized carbons (Fsp3) is 0.519. The molecule has 4 rings (SSSR count). The third-order valence-electron chi connectivity index (χ3n) is 6.58. The van der Waals surface area contributed by atoms with Crippen LogP contribution in [0, 0.1) is 5.92 Å². The van der Waals surface area contributed by atoms with Gasteiger partial charge in [0.15, 0.2) is 5.82 Å². The fourth-order valence-corrected chi connectivity index (χ4v) is 4.96. The third kappa shape index (κ3) is 8.47. The van der Waals surface area contributed by atoms with Gasteiger partial charge in [-0.3, -0.25) is 14.3 Å². The molecule has 1 aliphatic heterocycles. The number of amides is 2. The van der Waals surface area contributed by atoms with E-state index in [1.54, 1.807) is 26.1 Å². The Morgan fingerprint density at radius 1 is 1.18 bits per heavy atom. The quantitative estimate of drug-likeness (QED) is 0.447. The van der Waals surface area contributed by atoms with Gasteiger partial charge >= 0.3 is 6.36 Å². The van der Waals surface area contributed by atoms with Crippen LogP contribution in [0.1, 0.15) is 52.4 Å². The number of nitrogens with zero attached hydrogens (tertiary/aromatic N) is 3. The summed E-state index contributed by atoms with van der Waals surface area (Å²) in [6.45, 7) is 3.52. The van der Waals surface area contributed by atoms with Crippen LogP contribution >= 0.6 is 0 Å². The van der Waals surface area contributed by atoms with Crippen LogP contribution in [0.3, 0.4) is 0 Å². The molecule has 12 heteroatoms. The molecule has 0 spiro atoms. The maximum Gasteiger partial charge on any atom is 0.573 e. The van der Waals surface area contributed by atoms with Crippen molar-refractivity contribution in [2.24, 2.45) is 5.92 Å². The fourth-order valence-electron chi connectivity index (χ4n) is 4.96. The summed E-state index contributed by atoms with van der Waals surface area (Å²) in [7, 11) is 0. The van der Waals surface area contributed by atoms with Crippen molar-refractivity contribution < 1.29 is 37.3 Å². The predicted octanol–water partition coefficient (Wildman–Crippen LogP) is 4.64. The van der Waals surface area contributed by atoms with Crippen molar-refractivity contribution in [3.05, 3.63) is 48.4 Å². The van der Waals surface area contributed by atoms with Crippen LogP contribution in [0.15, 0.2) is 48.4 Å². The SMILES string of the molecule is CC(C)(O)Cn1ccc(NC(=O)C(CC2CCCCC2)N2CC(Oc3cccc(OC(F)(F)F)c3)=CC2=O)n1. The number of carbonyl (C=O) groups is 2. The zero-order chi connectivity index (χ0) is 28.2. The highest BCUT2D eigenvalue weighted by Crippen LogP contribution is 2.32. The minimum absolute atomic E-state index is 0.0128. The zero-order valence-corrected chi connectivity index (χ0v) is 21.9. The Kier molecular flexibility index (Phi) is 8.53. The molecular formula is C27H33F3N4O5. The number of ether oxygens (including phenoxy) is 2. The lowest BCUT2D eigenvalue weighted by atomic mass is 9.84. The number of benzene rings is 1. The van der Waals surface area contributed by atoms with Gasteiger partial charge in [-0.1, -0.05) is 38.2 Å². The number of hydrogen-bond donors (Lipinski definition) is 2. The molecule has 39 heavy (non-hydrogen) atoms. The highest BCUT2D eigenvalue weighted by Gasteiger charge is 2.37. The number of rotatable bonds is 10. The van der Waals surface area contributed by atoms with Crippen LogP contribution in [0.4, 0.5) is 19.0 Å². The molecule has 2 aliphatic rings. The average molecular weight is 551 g/mol. The highest BCUT2D eigenvalue weighted by molar-refractivity contribution is 5.99. The number of nitrogens with one attached hydrogen (secondary N) is 1. The van der Waals surface area contributed by atoms with Crippen molar-refractivity contribution in [1.82, 2.24) is 14.7 Å². The van der Waals surface area contributed by atoms with E-state index in [1.807, 2.05) is 0 Å². The molecule has 2 N–H and O–H groups in total. The molecular weight excluding hydrogens is 517 g/mol. The van der Waals surface area contributed by atoms with E-state index in [-0.39, 0.29) is 30.5 Å². The molecule has 9 nitrogen and oxygen atoms in total. The van der Waals surface area contributed by atoms with Crippen LogP contribution < -0.4 is 14.8 Å². The smallest absolute Gasteiger partial charge is 0.459 e. The summed E-state index contributed by atoms with van der Waals surface area (Å²) in [6, 6.07) is 5.86. The first-order chi connectivity index (χ1) is 18.3. The van der Waals surface area contributed by atoms with Gasteiger partial charge in [0.05, 0.1) is 18.7 Å². The summed E-state index contributed by atoms with van der Waals surface area (Å²) in [5.74, 6) is -0.399. The molecule has 1 aromatic heterocycles. The van der Waals surface area contributed by atoms with E-state index in [1.165, 1.54) is 27.8 Å². The third-order valence-corrected chi connectivity index (χ3v) is 6.58. The van der Waals surface area contributed by atoms with Gasteiger partial charge < -0.3 is 24.8 Å². The Balaban J connectivity index is 1.46. The average Bonchev–Trinajstić information content (AvgIpc) is 3.41. The van der Waals surface area contributed by atoms with Crippen molar-refractivity contribution in [2.75, 3.05) is 11.9 Å². The number of anilines is 1. The second-order valence-electron chi connectivity index (χ2n) is 10.7. The molecule has 1 unspecified atom stereocenters. The van der Waals surface area contributed by atoms with Gasteiger partial charge in [-0.25, -0.2) is 0 Å². The second-order valence-corrected chi connectivity index (χ2v) is 10.7. The number of aliphatic hydroxyl groups is 1. The van der Waals surface area contributed by atoms with Crippen molar-refractivity contribution in [3.63, 3.8) is 0 Å². The van der Waals surface area contributed by atoms with E-state index < -0.39 is 35.6 Å². The molecule has 0 saturated heterocycles. The second kappa shape index (κ2) is 11.7. The molecule has 0 radical (unpaired) electrons. The molecule has 0 bridgehead atoms. The molecule has 2 heterocycles. The monoisotopic (exact) mass is 550 g/mol. The van der Waals surface area contributed by atoms with Gasteiger partial charge in [-0.2, -0.15) is 5.10 Å². The minimum atomic E-state index is -4.85. The Bertz CT molecular complexity index is 1200. The molecule has 1 atom stereocenters. The van der Waals surface area contributed by atoms with E-state index in [0.29, 0.717) is 12.2 Å². The molecule has 1 saturated carbocycles. The standard InChI is InChI=1S/C27H33F3N4O5/c1-26(2,37)17-33-12-11-23(32-33)31-25(36)22(13-18-7-4-3-5-8-18)34-16-21(15-24(34)35)38-19-9-6-10-20(14-19)39-27(28,29)30/h6,9-12,14-15,18,22,37H,3-5,7-8,13,16-17H2,1-2H3,(H,31,32,36).